The predicted molar refractivity (Wildman–Crippen MR) is 146 cm³/mol. The minimum atomic E-state index is -3.40. The summed E-state index contributed by atoms with van der Waals surface area (Å²) in [4.78, 5) is 30.4. The van der Waals surface area contributed by atoms with E-state index in [4.69, 9.17) is 0 Å². The molecule has 0 bridgehead atoms. The van der Waals surface area contributed by atoms with Gasteiger partial charge >= 0.3 is 6.03 Å². The summed E-state index contributed by atoms with van der Waals surface area (Å²) in [6.45, 7) is 3.21. The van der Waals surface area contributed by atoms with Crippen LogP contribution >= 0.6 is 22.7 Å². The maximum atomic E-state index is 13.6. The molecule has 0 radical (unpaired) electrons. The van der Waals surface area contributed by atoms with E-state index in [-0.39, 0.29) is 12.5 Å². The molecule has 0 saturated heterocycles. The Balaban J connectivity index is 1.66. The number of rotatable bonds is 13. The van der Waals surface area contributed by atoms with Gasteiger partial charge in [-0.15, -0.1) is 22.7 Å². The smallest absolute Gasteiger partial charge is 0.315 e. The van der Waals surface area contributed by atoms with Crippen molar-refractivity contribution in [2.24, 2.45) is 0 Å². The number of hydrogen-bond donors (Lipinski definition) is 3. The number of nitrogens with zero attached hydrogens (tertiary/aromatic N) is 1. The Morgan fingerprint density at radius 2 is 1.67 bits per heavy atom. The second kappa shape index (κ2) is 13.4. The zero-order chi connectivity index (χ0) is 26.0. The van der Waals surface area contributed by atoms with E-state index < -0.39 is 22.1 Å². The van der Waals surface area contributed by atoms with Crippen molar-refractivity contribution in [3.8, 4) is 0 Å². The topological polar surface area (TPSA) is 108 Å². The molecule has 3 aromatic rings. The van der Waals surface area contributed by atoms with E-state index in [1.165, 1.54) is 0 Å². The molecule has 0 aliphatic heterocycles. The van der Waals surface area contributed by atoms with Gasteiger partial charge < -0.3 is 15.5 Å². The molecular formula is C25H32N4O4S3. The van der Waals surface area contributed by atoms with Gasteiger partial charge in [-0.25, -0.2) is 13.2 Å². The molecule has 11 heteroatoms. The van der Waals surface area contributed by atoms with Crippen molar-refractivity contribution >= 4 is 50.3 Å². The molecule has 8 nitrogen and oxygen atoms in total. The summed E-state index contributed by atoms with van der Waals surface area (Å²) in [6, 6.07) is 13.6. The second-order valence-electron chi connectivity index (χ2n) is 8.45. The molecule has 3 amide bonds. The van der Waals surface area contributed by atoms with E-state index in [2.05, 4.69) is 15.4 Å². The normalized spacial score (nSPS) is 12.1. The Morgan fingerprint density at radius 1 is 1.00 bits per heavy atom. The van der Waals surface area contributed by atoms with Crippen LogP contribution < -0.4 is 15.4 Å². The predicted octanol–water partition coefficient (Wildman–Crippen LogP) is 4.77. The summed E-state index contributed by atoms with van der Waals surface area (Å²) in [7, 11) is -3.40. The van der Waals surface area contributed by atoms with Crippen molar-refractivity contribution in [1.29, 1.82) is 0 Å². The summed E-state index contributed by atoms with van der Waals surface area (Å²) >= 11 is 3.20. The molecule has 0 aliphatic rings. The van der Waals surface area contributed by atoms with Gasteiger partial charge in [-0.2, -0.15) is 0 Å². The third kappa shape index (κ3) is 9.29. The average Bonchev–Trinajstić information content (AvgIpc) is 3.53. The van der Waals surface area contributed by atoms with Crippen LogP contribution in [0.2, 0.25) is 0 Å². The van der Waals surface area contributed by atoms with E-state index >= 15 is 0 Å². The highest BCUT2D eigenvalue weighted by Crippen LogP contribution is 2.19. The van der Waals surface area contributed by atoms with Crippen molar-refractivity contribution in [2.45, 2.75) is 51.9 Å². The van der Waals surface area contributed by atoms with Crippen LogP contribution in [0.3, 0.4) is 0 Å². The van der Waals surface area contributed by atoms with Crippen LogP contribution in [-0.4, -0.2) is 37.6 Å². The SMILES string of the molecule is CCCC[C@H](NC(=O)NCc1cccc(NS(C)(=O)=O)c1)C(=O)N(Cc1cccs1)Cc1cccs1. The molecule has 2 aromatic heterocycles. The summed E-state index contributed by atoms with van der Waals surface area (Å²) in [5.41, 5.74) is 1.15. The number of anilines is 1. The molecule has 194 valence electrons. The first-order valence-corrected chi connectivity index (χ1v) is 15.3. The molecule has 36 heavy (non-hydrogen) atoms. The molecule has 0 spiro atoms. The van der Waals surface area contributed by atoms with E-state index in [1.54, 1.807) is 51.8 Å². The van der Waals surface area contributed by atoms with Crippen LogP contribution in [-0.2, 0) is 34.5 Å². The third-order valence-electron chi connectivity index (χ3n) is 5.30. The fourth-order valence-corrected chi connectivity index (χ4v) is 5.62. The minimum Gasteiger partial charge on any atom is -0.334 e. The Kier molecular flexibility index (Phi) is 10.3. The minimum absolute atomic E-state index is 0.111. The lowest BCUT2D eigenvalue weighted by atomic mass is 10.1. The highest BCUT2D eigenvalue weighted by Gasteiger charge is 2.26. The Bertz CT molecular complexity index is 1180. The highest BCUT2D eigenvalue weighted by atomic mass is 32.2. The number of carbonyl (C=O) groups is 2. The number of thiophene rings is 2. The van der Waals surface area contributed by atoms with Crippen molar-refractivity contribution in [2.75, 3.05) is 11.0 Å². The fourth-order valence-electron chi connectivity index (χ4n) is 3.63. The van der Waals surface area contributed by atoms with Crippen LogP contribution in [0.4, 0.5) is 10.5 Å². The van der Waals surface area contributed by atoms with Crippen molar-refractivity contribution in [3.63, 3.8) is 0 Å². The van der Waals surface area contributed by atoms with Crippen LogP contribution in [0.25, 0.3) is 0 Å². The van der Waals surface area contributed by atoms with Crippen molar-refractivity contribution < 1.29 is 18.0 Å². The van der Waals surface area contributed by atoms with E-state index in [0.29, 0.717) is 25.2 Å². The summed E-state index contributed by atoms with van der Waals surface area (Å²) in [5, 5.41) is 9.64. The number of hydrogen-bond acceptors (Lipinski definition) is 6. The lowest BCUT2D eigenvalue weighted by Crippen LogP contribution is -2.50. The zero-order valence-electron chi connectivity index (χ0n) is 20.4. The standard InChI is InChI=1S/C25H32N4O4S3/c1-3-4-12-23(24(30)29(17-21-10-6-13-34-21)18-22-11-7-14-35-22)27-25(31)26-16-19-8-5-9-20(15-19)28-36(2,32)33/h5-11,13-15,23,28H,3-4,12,16-18H2,1-2H3,(H2,26,27,31)/t23-/m0/s1. The van der Waals surface area contributed by atoms with Crippen LogP contribution in [0.15, 0.2) is 59.3 Å². The van der Waals surface area contributed by atoms with Gasteiger partial charge in [0, 0.05) is 22.0 Å². The van der Waals surface area contributed by atoms with Gasteiger partial charge in [0.15, 0.2) is 0 Å². The van der Waals surface area contributed by atoms with Gasteiger partial charge in [0.05, 0.1) is 19.3 Å². The molecular weight excluding hydrogens is 517 g/mol. The second-order valence-corrected chi connectivity index (χ2v) is 12.3. The molecule has 0 unspecified atom stereocenters. The summed E-state index contributed by atoms with van der Waals surface area (Å²) < 4.78 is 25.4. The van der Waals surface area contributed by atoms with E-state index in [9.17, 15) is 18.0 Å². The number of amides is 3. The lowest BCUT2D eigenvalue weighted by molar-refractivity contribution is -0.134. The largest absolute Gasteiger partial charge is 0.334 e. The number of unbranched alkanes of at least 4 members (excludes halogenated alkanes) is 1. The van der Waals surface area contributed by atoms with Gasteiger partial charge in [-0.05, 0) is 47.0 Å². The maximum absolute atomic E-state index is 13.6. The number of sulfonamides is 1. The van der Waals surface area contributed by atoms with Gasteiger partial charge in [0.1, 0.15) is 6.04 Å². The first-order valence-electron chi connectivity index (χ1n) is 11.7. The first-order chi connectivity index (χ1) is 17.2. The third-order valence-corrected chi connectivity index (χ3v) is 7.63. The van der Waals surface area contributed by atoms with Gasteiger partial charge in [-0.3, -0.25) is 9.52 Å². The lowest BCUT2D eigenvalue weighted by Gasteiger charge is -2.27. The molecule has 1 atom stereocenters. The van der Waals surface area contributed by atoms with Crippen molar-refractivity contribution in [3.05, 3.63) is 74.6 Å². The quantitative estimate of drug-likeness (QED) is 0.286. The van der Waals surface area contributed by atoms with Gasteiger partial charge in [0.2, 0.25) is 15.9 Å². The van der Waals surface area contributed by atoms with Crippen LogP contribution in [0.1, 0.15) is 41.5 Å². The molecule has 1 aromatic carbocycles. The molecule has 3 N–H and O–H groups in total. The van der Waals surface area contributed by atoms with Gasteiger partial charge in [-0.1, -0.05) is 44.0 Å². The Hall–Kier alpha value is -2.89. The number of carbonyl (C=O) groups excluding carboxylic acids is 2. The van der Waals surface area contributed by atoms with E-state index in [1.807, 2.05) is 41.9 Å². The average molecular weight is 549 g/mol. The molecule has 0 aliphatic carbocycles. The molecule has 3 rings (SSSR count). The first kappa shape index (κ1) is 27.7. The molecule has 0 saturated carbocycles. The molecule has 0 fully saturated rings. The Morgan fingerprint density at radius 3 is 2.22 bits per heavy atom. The van der Waals surface area contributed by atoms with Crippen molar-refractivity contribution in [1.82, 2.24) is 15.5 Å². The zero-order valence-corrected chi connectivity index (χ0v) is 22.8. The molecule has 2 heterocycles. The van der Waals surface area contributed by atoms with Gasteiger partial charge in [0.25, 0.3) is 0 Å². The Labute approximate surface area is 220 Å². The summed E-state index contributed by atoms with van der Waals surface area (Å²) in [5.74, 6) is -0.111. The number of nitrogens with one attached hydrogen (secondary N) is 3. The summed E-state index contributed by atoms with van der Waals surface area (Å²) in [6.07, 6.45) is 3.34. The highest BCUT2D eigenvalue weighted by molar-refractivity contribution is 7.92. The monoisotopic (exact) mass is 548 g/mol. The number of urea groups is 1. The number of benzene rings is 1. The van der Waals surface area contributed by atoms with Crippen LogP contribution in [0, 0.1) is 0 Å². The van der Waals surface area contributed by atoms with Crippen LogP contribution in [0.5, 0.6) is 0 Å². The maximum Gasteiger partial charge on any atom is 0.315 e. The van der Waals surface area contributed by atoms with E-state index in [0.717, 1.165) is 34.4 Å². The fraction of sp³-hybridized carbons (Fsp3) is 0.360.